The van der Waals surface area contributed by atoms with Crippen LogP contribution in [0.2, 0.25) is 0 Å². The largest absolute Gasteiger partial charge is 0.453 e. The molecule has 358 valence electrons. The third kappa shape index (κ3) is 13.8. The summed E-state index contributed by atoms with van der Waals surface area (Å²) in [6, 6.07) is 1.36. The standard InChI is InChI=1S/C45H66N8O12/c1-7-13-31(35(54)40(58)47-29-18-19-29)48-38(56)33-22-30(65-44(62)52-21-20-26-14-11-12-17-28(26)24-52)25-53(33)41(59)36(45(2,3)4)51-39(57)34(27-15-9-8-10-16-27)50-37(55)32(49-43(61)64-6)23-46-42(60)63-5/h11-12,14,17,27,29-34,36H,7-10,13,15-16,18-25H2,1-6H3,(H,46,60)(H,47,58)(H,48,56)(H,49,61)(H,50,55)(H,51,57)/t30-,31+,32+,33+,34+,36-/m1/s1. The molecule has 0 bridgehead atoms. The van der Waals surface area contributed by atoms with Crippen molar-refractivity contribution in [3.8, 4) is 0 Å². The molecule has 0 unspecified atom stereocenters. The summed E-state index contributed by atoms with van der Waals surface area (Å²) in [4.78, 5) is 124. The van der Waals surface area contributed by atoms with E-state index in [-0.39, 0.29) is 31.3 Å². The molecule has 20 heteroatoms. The van der Waals surface area contributed by atoms with E-state index in [1.807, 2.05) is 24.3 Å². The normalized spacial score (nSPS) is 20.3. The Bertz CT molecular complexity index is 1930. The van der Waals surface area contributed by atoms with Crippen LogP contribution < -0.4 is 31.9 Å². The molecule has 8 amide bonds. The SMILES string of the molecule is CCC[C@H](NC(=O)[C@@H]1C[C@@H](OC(=O)N2CCc3ccccc3C2)CN1C(=O)[C@@H](NC(=O)[C@@H](NC(=O)[C@H](CNC(=O)OC)NC(=O)OC)C1CCCCC1)C(C)(C)C)C(=O)C(=O)NC1CC1. The fourth-order valence-corrected chi connectivity index (χ4v) is 8.54. The molecule has 1 aromatic rings. The van der Waals surface area contributed by atoms with Gasteiger partial charge in [-0.1, -0.05) is 77.6 Å². The Balaban J connectivity index is 1.40. The van der Waals surface area contributed by atoms with E-state index < -0.39 is 102 Å². The zero-order chi connectivity index (χ0) is 47.4. The number of carbonyl (C=O) groups is 9. The summed E-state index contributed by atoms with van der Waals surface area (Å²) in [7, 11) is 2.24. The highest BCUT2D eigenvalue weighted by molar-refractivity contribution is 6.38. The molecule has 2 heterocycles. The number of hydrogen-bond acceptors (Lipinski definition) is 12. The zero-order valence-electron chi connectivity index (χ0n) is 38.3. The molecule has 2 aliphatic heterocycles. The first-order valence-electron chi connectivity index (χ1n) is 22.7. The van der Waals surface area contributed by atoms with Gasteiger partial charge < -0.3 is 55.9 Å². The molecule has 3 fully saturated rings. The van der Waals surface area contributed by atoms with Gasteiger partial charge in [-0.15, -0.1) is 0 Å². The number of benzene rings is 1. The fraction of sp³-hybridized carbons (Fsp3) is 0.667. The van der Waals surface area contributed by atoms with Gasteiger partial charge in [0.05, 0.1) is 33.4 Å². The Kier molecular flexibility index (Phi) is 17.6. The van der Waals surface area contributed by atoms with E-state index in [0.717, 1.165) is 57.5 Å². The number of rotatable bonds is 17. The molecule has 0 spiro atoms. The van der Waals surface area contributed by atoms with E-state index in [9.17, 15) is 38.4 Å². The predicted octanol–water partition coefficient (Wildman–Crippen LogP) is 1.96. The monoisotopic (exact) mass is 910 g/mol. The van der Waals surface area contributed by atoms with Gasteiger partial charge in [0, 0.05) is 25.6 Å². The molecule has 2 saturated carbocycles. The summed E-state index contributed by atoms with van der Waals surface area (Å²) >= 11 is 0. The minimum absolute atomic E-state index is 0.0895. The maximum absolute atomic E-state index is 15.0. The van der Waals surface area contributed by atoms with Gasteiger partial charge in [-0.05, 0) is 61.0 Å². The first-order chi connectivity index (χ1) is 30.9. The van der Waals surface area contributed by atoms with E-state index >= 15 is 4.79 Å². The van der Waals surface area contributed by atoms with Crippen molar-refractivity contribution in [1.82, 2.24) is 41.7 Å². The van der Waals surface area contributed by atoms with Crippen LogP contribution in [-0.2, 0) is 55.9 Å². The van der Waals surface area contributed by atoms with Gasteiger partial charge in [0.1, 0.15) is 30.3 Å². The van der Waals surface area contributed by atoms with Crippen LogP contribution in [0.5, 0.6) is 0 Å². The Morgan fingerprint density at radius 1 is 0.800 bits per heavy atom. The molecule has 5 rings (SSSR count). The van der Waals surface area contributed by atoms with Crippen LogP contribution in [-0.4, -0.2) is 140 Å². The van der Waals surface area contributed by atoms with Crippen molar-refractivity contribution in [2.75, 3.05) is 33.9 Å². The lowest BCUT2D eigenvalue weighted by atomic mass is 9.82. The van der Waals surface area contributed by atoms with E-state index in [4.69, 9.17) is 4.74 Å². The molecule has 4 aliphatic rings. The van der Waals surface area contributed by atoms with Crippen molar-refractivity contribution in [3.63, 3.8) is 0 Å². The van der Waals surface area contributed by atoms with Crippen LogP contribution >= 0.6 is 0 Å². The first kappa shape index (κ1) is 50.1. The van der Waals surface area contributed by atoms with Gasteiger partial charge in [-0.25, -0.2) is 14.4 Å². The number of likely N-dealkylation sites (tertiary alicyclic amines) is 1. The van der Waals surface area contributed by atoms with Gasteiger partial charge in [0.2, 0.25) is 29.4 Å². The second-order valence-corrected chi connectivity index (χ2v) is 18.4. The average Bonchev–Trinajstić information content (AvgIpc) is 4.01. The molecule has 6 N–H and O–H groups in total. The van der Waals surface area contributed by atoms with E-state index in [2.05, 4.69) is 41.4 Å². The highest BCUT2D eigenvalue weighted by Crippen LogP contribution is 2.31. The summed E-state index contributed by atoms with van der Waals surface area (Å²) in [6.45, 7) is 7.08. The first-order valence-corrected chi connectivity index (χ1v) is 22.7. The Hall–Kier alpha value is -5.95. The lowest BCUT2D eigenvalue weighted by Gasteiger charge is -2.38. The van der Waals surface area contributed by atoms with Crippen LogP contribution in [0.1, 0.15) is 103 Å². The van der Waals surface area contributed by atoms with E-state index in [1.165, 1.54) is 4.90 Å². The quantitative estimate of drug-likeness (QED) is 0.0969. The maximum Gasteiger partial charge on any atom is 0.410 e. The van der Waals surface area contributed by atoms with Crippen molar-refractivity contribution >= 4 is 53.6 Å². The van der Waals surface area contributed by atoms with Crippen molar-refractivity contribution in [1.29, 1.82) is 0 Å². The Morgan fingerprint density at radius 2 is 1.48 bits per heavy atom. The Labute approximate surface area is 379 Å². The van der Waals surface area contributed by atoms with Gasteiger partial charge in [-0.3, -0.25) is 28.8 Å². The number of Topliss-reactive ketones (excluding diaryl/α,β-unsaturated/α-hetero) is 1. The molecule has 2 aliphatic carbocycles. The highest BCUT2D eigenvalue weighted by Gasteiger charge is 2.48. The number of fused-ring (bicyclic) bond motifs is 1. The summed E-state index contributed by atoms with van der Waals surface area (Å²) < 4.78 is 15.3. The smallest absolute Gasteiger partial charge is 0.410 e. The van der Waals surface area contributed by atoms with E-state index in [0.29, 0.717) is 38.8 Å². The number of hydrogen-bond donors (Lipinski definition) is 6. The molecule has 1 aromatic carbocycles. The number of alkyl carbamates (subject to hydrolysis) is 2. The minimum Gasteiger partial charge on any atom is -0.453 e. The topological polar surface area (TPSA) is 260 Å². The third-order valence-corrected chi connectivity index (χ3v) is 12.4. The summed E-state index contributed by atoms with van der Waals surface area (Å²) in [5, 5.41) is 15.8. The summed E-state index contributed by atoms with van der Waals surface area (Å²) in [6.07, 6.45) is 2.82. The molecular weight excluding hydrogens is 845 g/mol. The van der Waals surface area contributed by atoms with Gasteiger partial charge in [-0.2, -0.15) is 0 Å². The van der Waals surface area contributed by atoms with Crippen molar-refractivity contribution in [2.45, 2.75) is 147 Å². The summed E-state index contributed by atoms with van der Waals surface area (Å²) in [5.74, 6) is -4.89. The van der Waals surface area contributed by atoms with Crippen LogP contribution in [0.15, 0.2) is 24.3 Å². The number of nitrogens with one attached hydrogen (secondary N) is 6. The lowest BCUT2D eigenvalue weighted by Crippen LogP contribution is -2.63. The number of amides is 8. The van der Waals surface area contributed by atoms with Crippen LogP contribution in [0.25, 0.3) is 0 Å². The fourth-order valence-electron chi connectivity index (χ4n) is 8.54. The lowest BCUT2D eigenvalue weighted by molar-refractivity contribution is -0.145. The minimum atomic E-state index is -1.38. The average molecular weight is 911 g/mol. The Morgan fingerprint density at radius 3 is 2.11 bits per heavy atom. The predicted molar refractivity (Wildman–Crippen MR) is 234 cm³/mol. The van der Waals surface area contributed by atoms with Gasteiger partial charge in [0.25, 0.3) is 5.91 Å². The molecular formula is C45H66N8O12. The summed E-state index contributed by atoms with van der Waals surface area (Å²) in [5.41, 5.74) is 1.11. The van der Waals surface area contributed by atoms with Crippen LogP contribution in [0.4, 0.5) is 14.4 Å². The molecule has 1 saturated heterocycles. The number of ether oxygens (including phenoxy) is 3. The molecule has 0 aromatic heterocycles. The van der Waals surface area contributed by atoms with Crippen molar-refractivity contribution in [2.24, 2.45) is 11.3 Å². The molecule has 65 heavy (non-hydrogen) atoms. The zero-order valence-corrected chi connectivity index (χ0v) is 38.3. The number of nitrogens with zero attached hydrogens (tertiary/aromatic N) is 2. The number of ketones is 1. The molecule has 0 radical (unpaired) electrons. The van der Waals surface area contributed by atoms with Crippen LogP contribution in [0, 0.1) is 11.3 Å². The number of methoxy groups -OCH3 is 2. The molecule has 6 atom stereocenters. The molecule has 20 nitrogen and oxygen atoms in total. The second-order valence-electron chi connectivity index (χ2n) is 18.4. The van der Waals surface area contributed by atoms with Crippen molar-refractivity contribution < 1.29 is 57.4 Å². The van der Waals surface area contributed by atoms with Crippen molar-refractivity contribution in [3.05, 3.63) is 35.4 Å². The maximum atomic E-state index is 15.0. The highest BCUT2D eigenvalue weighted by atomic mass is 16.6. The van der Waals surface area contributed by atoms with E-state index in [1.54, 1.807) is 32.6 Å². The van der Waals surface area contributed by atoms with Crippen LogP contribution in [0.3, 0.4) is 0 Å². The third-order valence-electron chi connectivity index (χ3n) is 12.4. The number of carbonyl (C=O) groups excluding carboxylic acids is 9. The van der Waals surface area contributed by atoms with Gasteiger partial charge in [0.15, 0.2) is 0 Å². The van der Waals surface area contributed by atoms with Gasteiger partial charge >= 0.3 is 18.3 Å². The second kappa shape index (κ2) is 22.8.